The first-order valence-electron chi connectivity index (χ1n) is 14.2. The van der Waals surface area contributed by atoms with Crippen LogP contribution >= 0.6 is 0 Å². The van der Waals surface area contributed by atoms with Gasteiger partial charge < -0.3 is 9.47 Å². The van der Waals surface area contributed by atoms with E-state index >= 15 is 0 Å². The zero-order valence-electron chi connectivity index (χ0n) is 23.3. The number of hydrazone groups is 1. The molecule has 0 unspecified atom stereocenters. The Morgan fingerprint density at radius 2 is 1.35 bits per heavy atom. The molecule has 4 aromatic carbocycles. The lowest BCUT2D eigenvalue weighted by Gasteiger charge is -2.45. The number of amides is 2. The van der Waals surface area contributed by atoms with Gasteiger partial charge >= 0.3 is 0 Å². The van der Waals surface area contributed by atoms with Crippen molar-refractivity contribution < 1.29 is 24.0 Å². The van der Waals surface area contributed by atoms with Crippen LogP contribution in [-0.2, 0) is 16.2 Å². The van der Waals surface area contributed by atoms with E-state index in [9.17, 15) is 19.7 Å². The molecule has 9 heteroatoms. The minimum Gasteiger partial charge on any atom is -0.490 e. The van der Waals surface area contributed by atoms with E-state index in [1.807, 2.05) is 31.2 Å². The molecule has 8 rings (SSSR count). The highest BCUT2D eigenvalue weighted by atomic mass is 16.6. The highest BCUT2D eigenvalue weighted by Gasteiger charge is 2.61. The van der Waals surface area contributed by atoms with E-state index in [0.717, 1.165) is 32.8 Å². The molecule has 1 saturated heterocycles. The predicted octanol–water partition coefficient (Wildman–Crippen LogP) is 5.80. The zero-order chi connectivity index (χ0) is 29.7. The first kappa shape index (κ1) is 26.6. The highest BCUT2D eigenvalue weighted by Crippen LogP contribution is 2.61. The van der Waals surface area contributed by atoms with Gasteiger partial charge in [0.2, 0.25) is 0 Å². The number of hydrogen-bond donors (Lipinski definition) is 0. The first-order valence-corrected chi connectivity index (χ1v) is 14.2. The number of carbonyl (C=O) groups excluding carboxylic acids is 2. The van der Waals surface area contributed by atoms with Crippen molar-refractivity contribution in [2.45, 2.75) is 25.4 Å². The molecule has 0 radical (unpaired) electrons. The van der Waals surface area contributed by atoms with Crippen molar-refractivity contribution in [2.75, 3.05) is 6.61 Å². The van der Waals surface area contributed by atoms with Gasteiger partial charge in [-0.3, -0.25) is 19.7 Å². The number of rotatable bonds is 8. The van der Waals surface area contributed by atoms with E-state index in [0.29, 0.717) is 23.7 Å². The van der Waals surface area contributed by atoms with Gasteiger partial charge in [0, 0.05) is 24.0 Å². The number of nitrogens with zero attached hydrogens (tertiary/aromatic N) is 3. The fraction of sp³-hybridized carbons (Fsp3) is 0.206. The molecule has 4 aliphatic rings. The normalized spacial score (nSPS) is 21.5. The number of imide groups is 1. The van der Waals surface area contributed by atoms with Crippen molar-refractivity contribution in [1.29, 1.82) is 0 Å². The standard InChI is InChI=1S/C34H27N3O6/c1-2-42-28-17-21(13-16-27(28)43-19-20-11-14-22(15-12-20)37(40)41)18-35-36-33(38)31-29-23-7-3-4-8-24(23)30(32(31)34(36)39)26-10-6-5-9-25(26)29/h3-18,29-32H,2,19H2,1H3/b35-18-/t29?,30?,31-,32-/m0/s1. The van der Waals surface area contributed by atoms with Crippen LogP contribution in [0.4, 0.5) is 5.69 Å². The summed E-state index contributed by atoms with van der Waals surface area (Å²) in [7, 11) is 0. The molecule has 1 heterocycles. The van der Waals surface area contributed by atoms with Crippen molar-refractivity contribution in [3.8, 4) is 11.5 Å². The van der Waals surface area contributed by atoms with Crippen molar-refractivity contribution in [3.63, 3.8) is 0 Å². The third kappa shape index (κ3) is 4.35. The topological polar surface area (TPSA) is 111 Å². The molecule has 3 aliphatic carbocycles. The Morgan fingerprint density at radius 3 is 1.86 bits per heavy atom. The number of carbonyl (C=O) groups is 2. The summed E-state index contributed by atoms with van der Waals surface area (Å²) in [5.41, 5.74) is 5.88. The summed E-state index contributed by atoms with van der Waals surface area (Å²) in [5, 5.41) is 16.4. The second kappa shape index (κ2) is 10.5. The van der Waals surface area contributed by atoms with Crippen LogP contribution in [-0.4, -0.2) is 34.6 Å². The minimum atomic E-state index is -0.492. The molecule has 2 amide bonds. The number of ether oxygens (including phenoxy) is 2. The third-order valence-corrected chi connectivity index (χ3v) is 8.56. The second-order valence-electron chi connectivity index (χ2n) is 10.8. The van der Waals surface area contributed by atoms with E-state index in [2.05, 4.69) is 29.4 Å². The molecule has 0 saturated carbocycles. The average molecular weight is 574 g/mol. The van der Waals surface area contributed by atoms with E-state index in [1.54, 1.807) is 30.3 Å². The zero-order valence-corrected chi connectivity index (χ0v) is 23.3. The Bertz CT molecular complexity index is 1680. The quantitative estimate of drug-likeness (QED) is 0.114. The largest absolute Gasteiger partial charge is 0.490 e. The summed E-state index contributed by atoms with van der Waals surface area (Å²) in [5.74, 6) is -0.945. The fourth-order valence-electron chi connectivity index (χ4n) is 6.77. The summed E-state index contributed by atoms with van der Waals surface area (Å²) in [6, 6.07) is 27.6. The Labute approximate surface area is 247 Å². The van der Waals surface area contributed by atoms with Crippen LogP contribution in [0.5, 0.6) is 11.5 Å². The number of non-ortho nitro benzene ring substituents is 1. The van der Waals surface area contributed by atoms with Gasteiger partial charge in [-0.25, -0.2) is 0 Å². The monoisotopic (exact) mass is 573 g/mol. The molecular weight excluding hydrogens is 546 g/mol. The van der Waals surface area contributed by atoms with Crippen LogP contribution in [0.2, 0.25) is 0 Å². The van der Waals surface area contributed by atoms with Crippen LogP contribution < -0.4 is 9.47 Å². The molecule has 1 aliphatic heterocycles. The maximum absolute atomic E-state index is 13.8. The van der Waals surface area contributed by atoms with E-state index in [4.69, 9.17) is 9.47 Å². The molecule has 2 bridgehead atoms. The summed E-state index contributed by atoms with van der Waals surface area (Å²) in [4.78, 5) is 38.0. The summed E-state index contributed by atoms with van der Waals surface area (Å²) >= 11 is 0. The van der Waals surface area contributed by atoms with Crippen molar-refractivity contribution in [3.05, 3.63) is 134 Å². The molecule has 9 nitrogen and oxygen atoms in total. The predicted molar refractivity (Wildman–Crippen MR) is 158 cm³/mol. The Balaban J connectivity index is 1.13. The van der Waals surface area contributed by atoms with Crippen molar-refractivity contribution in [1.82, 2.24) is 5.01 Å². The van der Waals surface area contributed by atoms with Gasteiger partial charge in [0.05, 0.1) is 29.6 Å². The molecule has 4 aromatic rings. The van der Waals surface area contributed by atoms with Gasteiger partial charge in [0.15, 0.2) is 11.5 Å². The second-order valence-corrected chi connectivity index (χ2v) is 10.8. The summed E-state index contributed by atoms with van der Waals surface area (Å²) in [6.07, 6.45) is 1.50. The number of hydrogen-bond acceptors (Lipinski definition) is 7. The molecule has 2 atom stereocenters. The SMILES string of the molecule is CCOc1cc(/C=N\N2C(=O)[C@H]3C4c5ccccc5C(c5ccccc54)[C@@H]3C2=O)ccc1OCc1ccc([N+](=O)[O-])cc1. The summed E-state index contributed by atoms with van der Waals surface area (Å²) < 4.78 is 11.7. The highest BCUT2D eigenvalue weighted by molar-refractivity contribution is 6.08. The maximum atomic E-state index is 13.8. The lowest BCUT2D eigenvalue weighted by molar-refractivity contribution is -0.384. The minimum absolute atomic E-state index is 0.0124. The van der Waals surface area contributed by atoms with Crippen molar-refractivity contribution in [2.24, 2.45) is 16.9 Å². The number of nitro groups is 1. The van der Waals surface area contributed by atoms with Gasteiger partial charge in [0.1, 0.15) is 6.61 Å². The molecule has 214 valence electrons. The third-order valence-electron chi connectivity index (χ3n) is 8.56. The smallest absolute Gasteiger partial charge is 0.269 e. The lowest BCUT2D eigenvalue weighted by atomic mass is 9.55. The van der Waals surface area contributed by atoms with Gasteiger partial charge in [-0.2, -0.15) is 10.1 Å². The van der Waals surface area contributed by atoms with E-state index in [-0.39, 0.29) is 35.9 Å². The Hall–Kier alpha value is -5.31. The number of nitro benzene ring substituents is 1. The van der Waals surface area contributed by atoms with Crippen LogP contribution in [0.1, 0.15) is 52.1 Å². The van der Waals surface area contributed by atoms with Crippen LogP contribution in [0.3, 0.4) is 0 Å². The van der Waals surface area contributed by atoms with Crippen LogP contribution in [0, 0.1) is 22.0 Å². The Morgan fingerprint density at radius 1 is 0.791 bits per heavy atom. The number of benzene rings is 4. The average Bonchev–Trinajstić information content (AvgIpc) is 3.29. The molecule has 0 spiro atoms. The molecule has 0 aromatic heterocycles. The van der Waals surface area contributed by atoms with Gasteiger partial charge in [0.25, 0.3) is 17.5 Å². The van der Waals surface area contributed by atoms with Gasteiger partial charge in [-0.1, -0.05) is 48.5 Å². The molecular formula is C34H27N3O6. The molecule has 43 heavy (non-hydrogen) atoms. The van der Waals surface area contributed by atoms with E-state index in [1.165, 1.54) is 18.3 Å². The van der Waals surface area contributed by atoms with E-state index < -0.39 is 16.8 Å². The fourth-order valence-corrected chi connectivity index (χ4v) is 6.77. The van der Waals surface area contributed by atoms with Crippen LogP contribution in [0.15, 0.2) is 96.1 Å². The summed E-state index contributed by atoms with van der Waals surface area (Å²) in [6.45, 7) is 2.44. The maximum Gasteiger partial charge on any atom is 0.269 e. The van der Waals surface area contributed by atoms with Gasteiger partial charge in [-0.05, 0) is 70.6 Å². The lowest BCUT2D eigenvalue weighted by Crippen LogP contribution is -2.41. The molecule has 0 N–H and O–H groups in total. The molecule has 1 fully saturated rings. The van der Waals surface area contributed by atoms with Gasteiger partial charge in [-0.15, -0.1) is 0 Å². The van der Waals surface area contributed by atoms with Crippen LogP contribution in [0.25, 0.3) is 0 Å². The van der Waals surface area contributed by atoms with Crippen molar-refractivity contribution >= 4 is 23.7 Å². The first-order chi connectivity index (χ1) is 21.0. The Kier molecular flexibility index (Phi) is 6.50.